The zero-order valence-corrected chi connectivity index (χ0v) is 15.7. The van der Waals surface area contributed by atoms with Gasteiger partial charge in [0, 0.05) is 17.5 Å². The topological polar surface area (TPSA) is 52.6 Å². The third-order valence-corrected chi connectivity index (χ3v) is 4.71. The van der Waals surface area contributed by atoms with E-state index in [0.717, 1.165) is 22.3 Å². The molecule has 0 N–H and O–H groups in total. The molecule has 2 aromatic rings. The van der Waals surface area contributed by atoms with Gasteiger partial charge in [-0.3, -0.25) is 9.59 Å². The molecule has 0 aromatic heterocycles. The Morgan fingerprint density at radius 3 is 2.46 bits per heavy atom. The number of fused-ring (bicyclic) bond motifs is 1. The summed E-state index contributed by atoms with van der Waals surface area (Å²) in [5.41, 5.74) is 3.62. The summed E-state index contributed by atoms with van der Waals surface area (Å²) in [4.78, 5) is 24.2. The number of ether oxygens (including phenoxy) is 2. The second kappa shape index (κ2) is 6.94. The maximum Gasteiger partial charge on any atom is 0.323 e. The average molecular weight is 352 g/mol. The van der Waals surface area contributed by atoms with Crippen LogP contribution in [-0.2, 0) is 26.2 Å². The number of benzene rings is 2. The van der Waals surface area contributed by atoms with Crippen LogP contribution in [0.5, 0.6) is 5.75 Å². The van der Waals surface area contributed by atoms with E-state index in [1.165, 1.54) is 7.11 Å². The van der Waals surface area contributed by atoms with Crippen molar-refractivity contribution in [2.75, 3.05) is 7.11 Å². The van der Waals surface area contributed by atoms with Crippen LogP contribution >= 0.6 is 0 Å². The minimum Gasteiger partial charge on any atom is -0.469 e. The Labute approximate surface area is 154 Å². The molecule has 2 aromatic carbocycles. The zero-order chi connectivity index (χ0) is 18.9. The molecule has 0 radical (unpaired) electrons. The molecule has 1 heterocycles. The van der Waals surface area contributed by atoms with E-state index in [4.69, 9.17) is 9.47 Å². The van der Waals surface area contributed by atoms with Crippen molar-refractivity contribution in [2.24, 2.45) is 0 Å². The first-order valence-electron chi connectivity index (χ1n) is 8.82. The Morgan fingerprint density at radius 1 is 1.15 bits per heavy atom. The molecular weight excluding hydrogens is 328 g/mol. The predicted molar refractivity (Wildman–Crippen MR) is 99.4 cm³/mol. The molecule has 1 unspecified atom stereocenters. The molecule has 0 saturated heterocycles. The van der Waals surface area contributed by atoms with E-state index >= 15 is 0 Å². The molecule has 1 aliphatic heterocycles. The monoisotopic (exact) mass is 352 g/mol. The van der Waals surface area contributed by atoms with E-state index in [2.05, 4.69) is 20.8 Å². The van der Waals surface area contributed by atoms with Gasteiger partial charge in [-0.05, 0) is 23.0 Å². The van der Waals surface area contributed by atoms with Crippen molar-refractivity contribution in [1.82, 2.24) is 0 Å². The van der Waals surface area contributed by atoms with Gasteiger partial charge in [0.1, 0.15) is 11.7 Å². The van der Waals surface area contributed by atoms with E-state index in [-0.39, 0.29) is 17.4 Å². The van der Waals surface area contributed by atoms with Crippen molar-refractivity contribution < 1.29 is 19.1 Å². The number of carbonyl (C=O) groups is 2. The van der Waals surface area contributed by atoms with Crippen LogP contribution in [0.1, 0.15) is 55.4 Å². The summed E-state index contributed by atoms with van der Waals surface area (Å²) in [5, 5.41) is 0. The van der Waals surface area contributed by atoms with Crippen LogP contribution in [0.4, 0.5) is 0 Å². The van der Waals surface area contributed by atoms with Crippen molar-refractivity contribution in [1.29, 1.82) is 0 Å². The summed E-state index contributed by atoms with van der Waals surface area (Å²) in [6, 6.07) is 13.7. The number of hydrogen-bond donors (Lipinski definition) is 0. The van der Waals surface area contributed by atoms with Crippen LogP contribution in [0.15, 0.2) is 42.5 Å². The van der Waals surface area contributed by atoms with Crippen molar-refractivity contribution in [2.45, 2.75) is 44.9 Å². The Bertz CT molecular complexity index is 831. The maximum absolute atomic E-state index is 12.6. The van der Waals surface area contributed by atoms with Crippen LogP contribution in [0.3, 0.4) is 0 Å². The van der Waals surface area contributed by atoms with Gasteiger partial charge in [-0.15, -0.1) is 0 Å². The van der Waals surface area contributed by atoms with Crippen LogP contribution in [0.25, 0.3) is 0 Å². The van der Waals surface area contributed by atoms with E-state index in [0.29, 0.717) is 18.6 Å². The first kappa shape index (κ1) is 18.2. The normalized spacial score (nSPS) is 16.2. The molecule has 26 heavy (non-hydrogen) atoms. The third-order valence-electron chi connectivity index (χ3n) is 4.71. The molecule has 0 saturated carbocycles. The number of rotatable bonds is 4. The van der Waals surface area contributed by atoms with Gasteiger partial charge in [-0.1, -0.05) is 63.2 Å². The highest BCUT2D eigenvalue weighted by Crippen LogP contribution is 2.45. The van der Waals surface area contributed by atoms with Crippen molar-refractivity contribution in [3.05, 3.63) is 64.7 Å². The average Bonchev–Trinajstić information content (AvgIpc) is 2.94. The molecule has 0 fully saturated rings. The number of esters is 2. The molecule has 4 nitrogen and oxygen atoms in total. The summed E-state index contributed by atoms with van der Waals surface area (Å²) in [7, 11) is 1.39. The van der Waals surface area contributed by atoms with Gasteiger partial charge in [-0.2, -0.15) is 0 Å². The quantitative estimate of drug-likeness (QED) is 0.613. The second-order valence-electron chi connectivity index (χ2n) is 7.65. The summed E-state index contributed by atoms with van der Waals surface area (Å²) in [6.07, 6.45) is 0.877. The summed E-state index contributed by atoms with van der Waals surface area (Å²) < 4.78 is 10.5. The van der Waals surface area contributed by atoms with Gasteiger partial charge in [-0.25, -0.2) is 0 Å². The lowest BCUT2D eigenvalue weighted by molar-refractivity contribution is -0.140. The summed E-state index contributed by atoms with van der Waals surface area (Å²) >= 11 is 0. The lowest BCUT2D eigenvalue weighted by Crippen LogP contribution is -2.14. The first-order chi connectivity index (χ1) is 12.3. The number of methoxy groups -OCH3 is 1. The van der Waals surface area contributed by atoms with E-state index in [1.807, 2.05) is 42.5 Å². The largest absolute Gasteiger partial charge is 0.469 e. The predicted octanol–water partition coefficient (Wildman–Crippen LogP) is 4.14. The highest BCUT2D eigenvalue weighted by Gasteiger charge is 2.38. The van der Waals surface area contributed by atoms with Gasteiger partial charge in [0.05, 0.1) is 7.11 Å². The molecule has 3 rings (SSSR count). The first-order valence-corrected chi connectivity index (χ1v) is 8.82. The van der Waals surface area contributed by atoms with Gasteiger partial charge >= 0.3 is 11.9 Å². The number of carbonyl (C=O) groups excluding carboxylic acids is 2. The highest BCUT2D eigenvalue weighted by atomic mass is 16.5. The highest BCUT2D eigenvalue weighted by molar-refractivity contribution is 5.90. The Hall–Kier alpha value is -2.62. The molecule has 136 valence electrons. The minimum atomic E-state index is -0.426. The molecule has 0 bridgehead atoms. The van der Waals surface area contributed by atoms with Gasteiger partial charge in [0.15, 0.2) is 0 Å². The fraction of sp³-hybridized carbons (Fsp3) is 0.364. The molecular formula is C22H24O4. The Kier molecular flexibility index (Phi) is 4.86. The lowest BCUT2D eigenvalue weighted by Gasteiger charge is -2.23. The minimum absolute atomic E-state index is 0.183. The van der Waals surface area contributed by atoms with Crippen molar-refractivity contribution >= 4 is 11.9 Å². The van der Waals surface area contributed by atoms with Gasteiger partial charge in [0.25, 0.3) is 0 Å². The molecule has 1 aliphatic rings. The number of hydrogen-bond acceptors (Lipinski definition) is 4. The van der Waals surface area contributed by atoms with E-state index in [9.17, 15) is 9.59 Å². The van der Waals surface area contributed by atoms with Gasteiger partial charge < -0.3 is 9.47 Å². The third kappa shape index (κ3) is 3.50. The van der Waals surface area contributed by atoms with E-state index in [1.54, 1.807) is 0 Å². The molecule has 0 amide bonds. The van der Waals surface area contributed by atoms with Crippen LogP contribution < -0.4 is 4.74 Å². The SMILES string of the molecule is COC(=O)CCc1cc2c(c(C(C)(C)C)c1)OC(=O)C2c1ccccc1. The maximum atomic E-state index is 12.6. The fourth-order valence-electron chi connectivity index (χ4n) is 3.34. The Morgan fingerprint density at radius 2 is 1.85 bits per heavy atom. The van der Waals surface area contributed by atoms with Crippen LogP contribution in [0.2, 0.25) is 0 Å². The van der Waals surface area contributed by atoms with Crippen LogP contribution in [0, 0.1) is 0 Å². The van der Waals surface area contributed by atoms with E-state index < -0.39 is 5.92 Å². The Balaban J connectivity index is 2.09. The molecule has 1 atom stereocenters. The van der Waals surface area contributed by atoms with Crippen molar-refractivity contribution in [3.8, 4) is 5.75 Å². The second-order valence-corrected chi connectivity index (χ2v) is 7.65. The molecule has 4 heteroatoms. The zero-order valence-electron chi connectivity index (χ0n) is 15.7. The van der Waals surface area contributed by atoms with Crippen LogP contribution in [-0.4, -0.2) is 19.0 Å². The lowest BCUT2D eigenvalue weighted by atomic mass is 9.81. The van der Waals surface area contributed by atoms with Crippen molar-refractivity contribution in [3.63, 3.8) is 0 Å². The molecule has 0 spiro atoms. The summed E-state index contributed by atoms with van der Waals surface area (Å²) in [5.74, 6) is -0.250. The molecule has 0 aliphatic carbocycles. The smallest absolute Gasteiger partial charge is 0.323 e. The standard InChI is InChI=1S/C22H24O4/c1-22(2,3)17-13-14(10-11-18(23)25-4)12-16-19(21(24)26-20(16)17)15-8-6-5-7-9-15/h5-9,12-13,19H,10-11H2,1-4H3. The number of aryl methyl sites for hydroxylation is 1. The summed E-state index contributed by atoms with van der Waals surface area (Å²) in [6.45, 7) is 6.28. The fourth-order valence-corrected chi connectivity index (χ4v) is 3.34. The van der Waals surface area contributed by atoms with Gasteiger partial charge in [0.2, 0.25) is 0 Å².